The molecule has 0 fully saturated rings. The molecule has 0 aromatic heterocycles. The largest absolute Gasteiger partial charge is 0.293 e. The van der Waals surface area contributed by atoms with Crippen molar-refractivity contribution in [1.29, 1.82) is 0 Å². The van der Waals surface area contributed by atoms with Gasteiger partial charge < -0.3 is 0 Å². The number of Topliss-reactive ketones (excluding diaryl/α,β-unsaturated/α-hetero) is 1. The summed E-state index contributed by atoms with van der Waals surface area (Å²) >= 11 is 0. The molecule has 1 aliphatic heterocycles. The highest BCUT2D eigenvalue weighted by Gasteiger charge is 2.09. The predicted molar refractivity (Wildman–Crippen MR) is 41.4 cm³/mol. The zero-order valence-corrected chi connectivity index (χ0v) is 6.35. The van der Waals surface area contributed by atoms with Crippen LogP contribution in [0.5, 0.6) is 0 Å². The second-order valence-corrected chi connectivity index (χ2v) is 2.46. The summed E-state index contributed by atoms with van der Waals surface area (Å²) in [6.07, 6.45) is 3.03. The fourth-order valence-electron chi connectivity index (χ4n) is 1.07. The number of carbonyl (C=O) groups is 1. The molecule has 0 saturated heterocycles. The molecule has 1 aliphatic rings. The van der Waals surface area contributed by atoms with E-state index in [2.05, 4.69) is 11.1 Å². The Balaban J connectivity index is 2.84. The second kappa shape index (κ2) is 2.78. The number of nitrogens with zero attached hydrogens (tertiary/aromatic N) is 1. The Kier molecular flexibility index (Phi) is 2.00. The van der Waals surface area contributed by atoms with E-state index in [0.29, 0.717) is 5.71 Å². The molecule has 0 spiro atoms. The van der Waals surface area contributed by atoms with Gasteiger partial charge in [-0.2, -0.15) is 0 Å². The van der Waals surface area contributed by atoms with Gasteiger partial charge in [0.15, 0.2) is 5.78 Å². The van der Waals surface area contributed by atoms with Gasteiger partial charge in [-0.1, -0.05) is 6.08 Å². The van der Waals surface area contributed by atoms with Gasteiger partial charge in [-0.3, -0.25) is 9.79 Å². The van der Waals surface area contributed by atoms with Crippen LogP contribution in [-0.2, 0) is 4.79 Å². The van der Waals surface area contributed by atoms with E-state index in [0.717, 1.165) is 18.5 Å². The van der Waals surface area contributed by atoms with Crippen molar-refractivity contribution in [3.63, 3.8) is 0 Å². The topological polar surface area (TPSA) is 29.4 Å². The van der Waals surface area contributed by atoms with E-state index in [9.17, 15) is 4.79 Å². The van der Waals surface area contributed by atoms with Gasteiger partial charge in [-0.05, 0) is 18.9 Å². The third kappa shape index (κ3) is 1.32. The fourth-order valence-corrected chi connectivity index (χ4v) is 1.07. The van der Waals surface area contributed by atoms with E-state index >= 15 is 0 Å². The number of ketones is 1. The smallest absolute Gasteiger partial charge is 0.177 e. The standard InChI is InChI=1S/C8H11NO/c1-6-4-3-5-9-8(6)7(2)10/h4H,3,5H2,1-2H3. The van der Waals surface area contributed by atoms with Crippen LogP contribution in [0.1, 0.15) is 20.3 Å². The summed E-state index contributed by atoms with van der Waals surface area (Å²) in [6, 6.07) is 0. The van der Waals surface area contributed by atoms with Gasteiger partial charge in [0.2, 0.25) is 0 Å². The Bertz CT molecular complexity index is 213. The molecule has 0 bridgehead atoms. The van der Waals surface area contributed by atoms with Crippen molar-refractivity contribution in [1.82, 2.24) is 0 Å². The molecule has 0 N–H and O–H groups in total. The Morgan fingerprint density at radius 2 is 2.40 bits per heavy atom. The molecule has 0 saturated carbocycles. The molecule has 0 unspecified atom stereocenters. The Morgan fingerprint density at radius 1 is 1.70 bits per heavy atom. The minimum atomic E-state index is 0.0773. The summed E-state index contributed by atoms with van der Waals surface area (Å²) in [6.45, 7) is 4.26. The number of aliphatic imine (C=N–C) groups is 1. The van der Waals surface area contributed by atoms with Crippen LogP contribution >= 0.6 is 0 Å². The van der Waals surface area contributed by atoms with E-state index in [-0.39, 0.29) is 5.78 Å². The Hall–Kier alpha value is -0.920. The maximum atomic E-state index is 10.8. The fraction of sp³-hybridized carbons (Fsp3) is 0.500. The van der Waals surface area contributed by atoms with E-state index in [1.807, 2.05) is 6.92 Å². The maximum Gasteiger partial charge on any atom is 0.177 e. The summed E-state index contributed by atoms with van der Waals surface area (Å²) < 4.78 is 0. The lowest BCUT2D eigenvalue weighted by atomic mass is 10.1. The van der Waals surface area contributed by atoms with Gasteiger partial charge >= 0.3 is 0 Å². The third-order valence-electron chi connectivity index (χ3n) is 1.56. The van der Waals surface area contributed by atoms with E-state index in [1.54, 1.807) is 6.92 Å². The third-order valence-corrected chi connectivity index (χ3v) is 1.56. The summed E-state index contributed by atoms with van der Waals surface area (Å²) in [5.74, 6) is 0.0773. The SMILES string of the molecule is CC(=O)C1=NCCC=C1C. The van der Waals surface area contributed by atoms with Crippen LogP contribution < -0.4 is 0 Å². The average molecular weight is 137 g/mol. The van der Waals surface area contributed by atoms with Gasteiger partial charge in [0.05, 0.1) is 0 Å². The molecule has 0 aliphatic carbocycles. The van der Waals surface area contributed by atoms with Crippen LogP contribution in [0.2, 0.25) is 0 Å². The first kappa shape index (κ1) is 7.19. The van der Waals surface area contributed by atoms with Gasteiger partial charge in [0.1, 0.15) is 5.71 Å². The van der Waals surface area contributed by atoms with Crippen LogP contribution in [0.4, 0.5) is 0 Å². The molecule has 0 aromatic carbocycles. The van der Waals surface area contributed by atoms with Gasteiger partial charge in [-0.25, -0.2) is 0 Å². The highest BCUT2D eigenvalue weighted by atomic mass is 16.1. The first-order chi connectivity index (χ1) is 4.72. The molecule has 0 radical (unpaired) electrons. The molecule has 0 amide bonds. The van der Waals surface area contributed by atoms with Crippen molar-refractivity contribution in [3.8, 4) is 0 Å². The van der Waals surface area contributed by atoms with E-state index in [1.165, 1.54) is 0 Å². The van der Waals surface area contributed by atoms with Crippen LogP contribution in [-0.4, -0.2) is 18.0 Å². The summed E-state index contributed by atoms with van der Waals surface area (Å²) in [7, 11) is 0. The lowest BCUT2D eigenvalue weighted by Crippen LogP contribution is -2.14. The quantitative estimate of drug-likeness (QED) is 0.536. The summed E-state index contributed by atoms with van der Waals surface area (Å²) in [5, 5.41) is 0. The zero-order chi connectivity index (χ0) is 7.56. The van der Waals surface area contributed by atoms with Gasteiger partial charge in [-0.15, -0.1) is 0 Å². The molecule has 0 atom stereocenters. The van der Waals surface area contributed by atoms with E-state index < -0.39 is 0 Å². The van der Waals surface area contributed by atoms with Crippen molar-refractivity contribution >= 4 is 11.5 Å². The molecule has 10 heavy (non-hydrogen) atoms. The minimum absolute atomic E-state index is 0.0773. The van der Waals surface area contributed by atoms with Crippen LogP contribution in [0, 0.1) is 0 Å². The van der Waals surface area contributed by atoms with Crippen LogP contribution in [0.15, 0.2) is 16.6 Å². The Labute approximate surface area is 60.7 Å². The first-order valence-electron chi connectivity index (χ1n) is 3.44. The zero-order valence-electron chi connectivity index (χ0n) is 6.35. The highest BCUT2D eigenvalue weighted by molar-refractivity contribution is 6.45. The molecule has 2 nitrogen and oxygen atoms in total. The van der Waals surface area contributed by atoms with Crippen molar-refractivity contribution in [3.05, 3.63) is 11.6 Å². The predicted octanol–water partition coefficient (Wildman–Crippen LogP) is 1.37. The molecule has 1 rings (SSSR count). The number of allylic oxidation sites excluding steroid dienone is 1. The molecule has 2 heteroatoms. The molecule has 1 heterocycles. The van der Waals surface area contributed by atoms with Gasteiger partial charge in [0.25, 0.3) is 0 Å². The van der Waals surface area contributed by atoms with Crippen molar-refractivity contribution in [2.45, 2.75) is 20.3 Å². The average Bonchev–Trinajstić information content (AvgIpc) is 1.88. The molecular formula is C8H11NO. The molecule has 0 aromatic rings. The minimum Gasteiger partial charge on any atom is -0.293 e. The number of rotatable bonds is 1. The lowest BCUT2D eigenvalue weighted by molar-refractivity contribution is -0.111. The van der Waals surface area contributed by atoms with Crippen molar-refractivity contribution in [2.24, 2.45) is 4.99 Å². The highest BCUT2D eigenvalue weighted by Crippen LogP contribution is 2.06. The number of carbonyl (C=O) groups excluding carboxylic acids is 1. The summed E-state index contributed by atoms with van der Waals surface area (Å²) in [5.41, 5.74) is 1.69. The van der Waals surface area contributed by atoms with Crippen molar-refractivity contribution < 1.29 is 4.79 Å². The second-order valence-electron chi connectivity index (χ2n) is 2.46. The van der Waals surface area contributed by atoms with Gasteiger partial charge in [0, 0.05) is 13.5 Å². The van der Waals surface area contributed by atoms with Crippen LogP contribution in [0.25, 0.3) is 0 Å². The maximum absolute atomic E-state index is 10.8. The first-order valence-corrected chi connectivity index (χ1v) is 3.44. The Morgan fingerprint density at radius 3 is 2.80 bits per heavy atom. The normalized spacial score (nSPS) is 17.8. The van der Waals surface area contributed by atoms with Crippen molar-refractivity contribution in [2.75, 3.05) is 6.54 Å². The molecular weight excluding hydrogens is 126 g/mol. The van der Waals surface area contributed by atoms with Crippen LogP contribution in [0.3, 0.4) is 0 Å². The number of dihydropyridines is 1. The number of hydrogen-bond acceptors (Lipinski definition) is 2. The monoisotopic (exact) mass is 137 g/mol. The molecule has 54 valence electrons. The number of hydrogen-bond donors (Lipinski definition) is 0. The van der Waals surface area contributed by atoms with E-state index in [4.69, 9.17) is 0 Å². The lowest BCUT2D eigenvalue weighted by Gasteiger charge is -2.07. The summed E-state index contributed by atoms with van der Waals surface area (Å²) in [4.78, 5) is 14.9.